The van der Waals surface area contributed by atoms with Crippen LogP contribution in [0.5, 0.6) is 5.75 Å². The molecule has 0 aliphatic heterocycles. The van der Waals surface area contributed by atoms with Crippen molar-refractivity contribution in [3.05, 3.63) is 64.6 Å². The average Bonchev–Trinajstić information content (AvgIpc) is 2.85. The molecule has 23 heavy (non-hydrogen) atoms. The molecule has 119 valence electrons. The highest BCUT2D eigenvalue weighted by molar-refractivity contribution is 5.89. The minimum absolute atomic E-state index is 0.0299. The van der Waals surface area contributed by atoms with Gasteiger partial charge in [0.05, 0.1) is 7.11 Å². The van der Waals surface area contributed by atoms with Crippen molar-refractivity contribution in [1.29, 1.82) is 0 Å². The standard InChI is InChI=1S/C22H25O/c1-14-11-16-13-19(22(3,4)5)21(23-6)20(18(16)12-14)17-10-8-7-9-15(17)2/h7-13H,1-6H3. The maximum absolute atomic E-state index is 5.93. The van der Waals surface area contributed by atoms with E-state index in [4.69, 9.17) is 4.74 Å². The van der Waals surface area contributed by atoms with E-state index in [0.717, 1.165) is 5.75 Å². The number of hydrogen-bond donors (Lipinski definition) is 0. The molecule has 1 aliphatic carbocycles. The van der Waals surface area contributed by atoms with Crippen molar-refractivity contribution in [3.63, 3.8) is 0 Å². The van der Waals surface area contributed by atoms with Crippen LogP contribution in [0.3, 0.4) is 0 Å². The summed E-state index contributed by atoms with van der Waals surface area (Å²) < 4.78 is 5.93. The average molecular weight is 305 g/mol. The molecule has 1 nitrogen and oxygen atoms in total. The number of hydrogen-bond acceptors (Lipinski definition) is 1. The van der Waals surface area contributed by atoms with Crippen molar-refractivity contribution in [3.8, 4) is 16.9 Å². The lowest BCUT2D eigenvalue weighted by molar-refractivity contribution is 0.399. The third-order valence-corrected chi connectivity index (χ3v) is 4.53. The number of methoxy groups -OCH3 is 1. The predicted octanol–water partition coefficient (Wildman–Crippen LogP) is 5.94. The zero-order valence-corrected chi connectivity index (χ0v) is 14.9. The van der Waals surface area contributed by atoms with Crippen LogP contribution in [0.25, 0.3) is 17.2 Å². The Balaban J connectivity index is 2.41. The van der Waals surface area contributed by atoms with Crippen LogP contribution in [0, 0.1) is 13.3 Å². The Morgan fingerprint density at radius 1 is 1.00 bits per heavy atom. The molecule has 0 atom stereocenters. The van der Waals surface area contributed by atoms with Crippen LogP contribution in [0.2, 0.25) is 0 Å². The van der Waals surface area contributed by atoms with E-state index in [0.29, 0.717) is 0 Å². The zero-order valence-electron chi connectivity index (χ0n) is 14.9. The second-order valence-electron chi connectivity index (χ2n) is 7.43. The van der Waals surface area contributed by atoms with Crippen LogP contribution >= 0.6 is 0 Å². The summed E-state index contributed by atoms with van der Waals surface area (Å²) in [5.41, 5.74) is 8.92. The SMILES string of the molecule is COc1c(C(C)(C)C)cc2c(c1-c1ccccc1C)C=C(C)[CH]2. The number of ether oxygens (including phenoxy) is 1. The lowest BCUT2D eigenvalue weighted by Crippen LogP contribution is -2.14. The molecule has 0 fully saturated rings. The highest BCUT2D eigenvalue weighted by Gasteiger charge is 2.28. The Morgan fingerprint density at radius 3 is 2.30 bits per heavy atom. The molecule has 0 saturated heterocycles. The van der Waals surface area contributed by atoms with Crippen molar-refractivity contribution in [2.24, 2.45) is 0 Å². The van der Waals surface area contributed by atoms with E-state index in [1.807, 2.05) is 0 Å². The van der Waals surface area contributed by atoms with E-state index in [-0.39, 0.29) is 5.41 Å². The van der Waals surface area contributed by atoms with E-state index in [9.17, 15) is 0 Å². The van der Waals surface area contributed by atoms with E-state index in [2.05, 4.69) is 77.4 Å². The summed E-state index contributed by atoms with van der Waals surface area (Å²) in [5.74, 6) is 1.00. The van der Waals surface area contributed by atoms with Crippen LogP contribution in [-0.4, -0.2) is 7.11 Å². The molecule has 2 aromatic rings. The normalized spacial score (nSPS) is 13.7. The fourth-order valence-electron chi connectivity index (χ4n) is 3.38. The molecule has 1 heteroatoms. The Kier molecular flexibility index (Phi) is 3.83. The Morgan fingerprint density at radius 2 is 1.70 bits per heavy atom. The van der Waals surface area contributed by atoms with Gasteiger partial charge in [-0.2, -0.15) is 0 Å². The molecule has 3 rings (SSSR count). The van der Waals surface area contributed by atoms with Gasteiger partial charge in [0.15, 0.2) is 0 Å². The van der Waals surface area contributed by atoms with Crippen molar-refractivity contribution in [1.82, 2.24) is 0 Å². The summed E-state index contributed by atoms with van der Waals surface area (Å²) in [6.45, 7) is 11.1. The first-order valence-corrected chi connectivity index (χ1v) is 8.17. The second-order valence-corrected chi connectivity index (χ2v) is 7.43. The molecule has 0 unspecified atom stereocenters. The van der Waals surface area contributed by atoms with Crippen molar-refractivity contribution in [2.75, 3.05) is 7.11 Å². The molecular weight excluding hydrogens is 280 g/mol. The third kappa shape index (κ3) is 2.69. The summed E-state index contributed by atoms with van der Waals surface area (Å²) in [7, 11) is 1.79. The van der Waals surface area contributed by atoms with Gasteiger partial charge < -0.3 is 4.74 Å². The predicted molar refractivity (Wildman–Crippen MR) is 98.9 cm³/mol. The molecule has 0 saturated carbocycles. The Bertz CT molecular complexity index is 788. The van der Waals surface area contributed by atoms with E-state index >= 15 is 0 Å². The fraction of sp³-hybridized carbons (Fsp3) is 0.318. The van der Waals surface area contributed by atoms with Crippen LogP contribution in [0.1, 0.15) is 49.9 Å². The van der Waals surface area contributed by atoms with E-state index in [1.165, 1.54) is 39.0 Å². The van der Waals surface area contributed by atoms with Gasteiger partial charge in [0.1, 0.15) is 5.75 Å². The molecule has 1 radical (unpaired) electrons. The first-order valence-electron chi connectivity index (χ1n) is 8.17. The van der Waals surface area contributed by atoms with Gasteiger partial charge in [0, 0.05) is 17.5 Å². The molecule has 0 bridgehead atoms. The number of benzene rings is 2. The van der Waals surface area contributed by atoms with Crippen LogP contribution in [0.15, 0.2) is 35.9 Å². The van der Waals surface area contributed by atoms with Crippen LogP contribution < -0.4 is 4.74 Å². The molecular formula is C22H25O. The van der Waals surface area contributed by atoms with Gasteiger partial charge in [-0.1, -0.05) is 62.8 Å². The highest BCUT2D eigenvalue weighted by atomic mass is 16.5. The molecule has 2 aromatic carbocycles. The second kappa shape index (κ2) is 5.56. The lowest BCUT2D eigenvalue weighted by Gasteiger charge is -2.26. The van der Waals surface area contributed by atoms with E-state index < -0.39 is 0 Å². The van der Waals surface area contributed by atoms with Gasteiger partial charge in [-0.15, -0.1) is 0 Å². The van der Waals surface area contributed by atoms with E-state index in [1.54, 1.807) is 7.11 Å². The van der Waals surface area contributed by atoms with Crippen molar-refractivity contribution < 1.29 is 4.74 Å². The third-order valence-electron chi connectivity index (χ3n) is 4.53. The first-order chi connectivity index (χ1) is 10.8. The van der Waals surface area contributed by atoms with Crippen LogP contribution in [-0.2, 0) is 5.41 Å². The fourth-order valence-corrected chi connectivity index (χ4v) is 3.38. The number of allylic oxidation sites excluding steroid dienone is 1. The van der Waals surface area contributed by atoms with Gasteiger partial charge in [0.25, 0.3) is 0 Å². The zero-order chi connectivity index (χ0) is 16.8. The monoisotopic (exact) mass is 305 g/mol. The van der Waals surface area contributed by atoms with Gasteiger partial charge >= 0.3 is 0 Å². The number of rotatable bonds is 2. The van der Waals surface area contributed by atoms with Gasteiger partial charge in [-0.3, -0.25) is 0 Å². The minimum Gasteiger partial charge on any atom is -0.496 e. The lowest BCUT2D eigenvalue weighted by atomic mass is 9.81. The summed E-state index contributed by atoms with van der Waals surface area (Å²) in [4.78, 5) is 0. The smallest absolute Gasteiger partial charge is 0.131 e. The van der Waals surface area contributed by atoms with Crippen LogP contribution in [0.4, 0.5) is 0 Å². The summed E-state index contributed by atoms with van der Waals surface area (Å²) in [5, 5.41) is 0. The van der Waals surface area contributed by atoms with Gasteiger partial charge in [-0.25, -0.2) is 0 Å². The molecule has 0 heterocycles. The minimum atomic E-state index is 0.0299. The number of fused-ring (bicyclic) bond motifs is 1. The number of aryl methyl sites for hydroxylation is 1. The quantitative estimate of drug-likeness (QED) is 0.667. The molecule has 0 N–H and O–H groups in total. The van der Waals surface area contributed by atoms with Crippen molar-refractivity contribution >= 4 is 6.08 Å². The summed E-state index contributed by atoms with van der Waals surface area (Å²) in [6, 6.07) is 10.9. The topological polar surface area (TPSA) is 9.23 Å². The molecule has 0 spiro atoms. The Hall–Kier alpha value is -2.02. The largest absolute Gasteiger partial charge is 0.496 e. The molecule has 0 aromatic heterocycles. The first kappa shape index (κ1) is 15.9. The summed E-state index contributed by atoms with van der Waals surface area (Å²) in [6.07, 6.45) is 4.54. The van der Waals surface area contributed by atoms with Gasteiger partial charge in [-0.05, 0) is 41.5 Å². The molecule has 0 amide bonds. The summed E-state index contributed by atoms with van der Waals surface area (Å²) >= 11 is 0. The molecule has 1 aliphatic rings. The highest BCUT2D eigenvalue weighted by Crippen LogP contribution is 2.47. The Labute approximate surface area is 140 Å². The van der Waals surface area contributed by atoms with Crippen molar-refractivity contribution in [2.45, 2.75) is 40.0 Å². The van der Waals surface area contributed by atoms with Gasteiger partial charge in [0.2, 0.25) is 0 Å². The maximum atomic E-state index is 5.93. The maximum Gasteiger partial charge on any atom is 0.131 e.